The molecule has 1 atom stereocenters. The maximum atomic E-state index is 4.55. The van der Waals surface area contributed by atoms with Crippen molar-refractivity contribution in [3.63, 3.8) is 0 Å². The molecule has 28 heavy (non-hydrogen) atoms. The summed E-state index contributed by atoms with van der Waals surface area (Å²) in [6, 6.07) is 8.33. The SMILES string of the molecule is C(=Cc1cccs1)c1nc(SCC2CSc3nnc(-c4ccncc4)n32)n[nH]1. The molecule has 1 unspecified atom stereocenters. The van der Waals surface area contributed by atoms with Crippen LogP contribution < -0.4 is 0 Å². The zero-order chi connectivity index (χ0) is 18.8. The lowest BCUT2D eigenvalue weighted by molar-refractivity contribution is 0.596. The smallest absolute Gasteiger partial charge is 0.208 e. The van der Waals surface area contributed by atoms with E-state index in [1.165, 1.54) is 4.88 Å². The van der Waals surface area contributed by atoms with Crippen LogP contribution >= 0.6 is 34.9 Å². The first kappa shape index (κ1) is 17.7. The maximum absolute atomic E-state index is 4.55. The molecule has 0 aliphatic carbocycles. The molecule has 4 aromatic rings. The Hall–Kier alpha value is -2.43. The number of rotatable bonds is 6. The Morgan fingerprint density at radius 2 is 2.14 bits per heavy atom. The summed E-state index contributed by atoms with van der Waals surface area (Å²) >= 11 is 5.08. The number of hydrogen-bond donors (Lipinski definition) is 1. The fourth-order valence-corrected chi connectivity index (χ4v) is 5.62. The number of nitrogens with zero attached hydrogens (tertiary/aromatic N) is 6. The zero-order valence-corrected chi connectivity index (χ0v) is 17.0. The zero-order valence-electron chi connectivity index (χ0n) is 14.6. The molecule has 1 aliphatic heterocycles. The van der Waals surface area contributed by atoms with Gasteiger partial charge >= 0.3 is 0 Å². The monoisotopic (exact) mass is 425 g/mol. The third kappa shape index (κ3) is 3.62. The quantitative estimate of drug-likeness (QED) is 0.465. The van der Waals surface area contributed by atoms with Gasteiger partial charge in [0.25, 0.3) is 0 Å². The molecule has 0 fully saturated rings. The van der Waals surface area contributed by atoms with Gasteiger partial charge in [-0.3, -0.25) is 14.6 Å². The molecule has 0 radical (unpaired) electrons. The van der Waals surface area contributed by atoms with Gasteiger partial charge in [-0.05, 0) is 35.7 Å². The van der Waals surface area contributed by atoms with Gasteiger partial charge in [0.1, 0.15) is 5.82 Å². The van der Waals surface area contributed by atoms with Crippen molar-refractivity contribution >= 4 is 47.0 Å². The molecular formula is C18H15N7S3. The number of pyridine rings is 1. The highest BCUT2D eigenvalue weighted by Crippen LogP contribution is 2.38. The Morgan fingerprint density at radius 3 is 3.00 bits per heavy atom. The summed E-state index contributed by atoms with van der Waals surface area (Å²) in [4.78, 5) is 9.83. The van der Waals surface area contributed by atoms with E-state index in [0.29, 0.717) is 6.04 Å². The van der Waals surface area contributed by atoms with Gasteiger partial charge in [0, 0.05) is 34.3 Å². The predicted molar refractivity (Wildman–Crippen MR) is 113 cm³/mol. The Balaban J connectivity index is 1.28. The van der Waals surface area contributed by atoms with Gasteiger partial charge in [-0.25, -0.2) is 4.98 Å². The minimum absolute atomic E-state index is 0.298. The highest BCUT2D eigenvalue weighted by atomic mass is 32.2. The second kappa shape index (κ2) is 7.90. The summed E-state index contributed by atoms with van der Waals surface area (Å²) in [5.41, 5.74) is 1.03. The molecule has 10 heteroatoms. The average molecular weight is 426 g/mol. The molecule has 140 valence electrons. The number of thioether (sulfide) groups is 2. The molecule has 0 amide bonds. The van der Waals surface area contributed by atoms with Crippen molar-refractivity contribution in [2.45, 2.75) is 16.4 Å². The van der Waals surface area contributed by atoms with E-state index in [1.807, 2.05) is 30.4 Å². The van der Waals surface area contributed by atoms with E-state index in [2.05, 4.69) is 46.4 Å². The lowest BCUT2D eigenvalue weighted by Gasteiger charge is -2.13. The first-order chi connectivity index (χ1) is 13.9. The van der Waals surface area contributed by atoms with Crippen LogP contribution in [-0.4, -0.2) is 46.4 Å². The van der Waals surface area contributed by atoms with E-state index in [1.54, 1.807) is 47.3 Å². The van der Waals surface area contributed by atoms with Crippen LogP contribution in [0.1, 0.15) is 16.7 Å². The topological polar surface area (TPSA) is 85.2 Å². The molecular weight excluding hydrogens is 410 g/mol. The van der Waals surface area contributed by atoms with Gasteiger partial charge in [0.05, 0.1) is 6.04 Å². The molecule has 5 heterocycles. The van der Waals surface area contributed by atoms with E-state index < -0.39 is 0 Å². The normalized spacial score (nSPS) is 16.1. The van der Waals surface area contributed by atoms with E-state index in [-0.39, 0.29) is 0 Å². The Labute approximate surface area is 173 Å². The highest BCUT2D eigenvalue weighted by molar-refractivity contribution is 8.00. The van der Waals surface area contributed by atoms with Crippen LogP contribution in [0.5, 0.6) is 0 Å². The van der Waals surface area contributed by atoms with Gasteiger partial charge < -0.3 is 0 Å². The van der Waals surface area contributed by atoms with Crippen molar-refractivity contribution in [3.05, 3.63) is 52.7 Å². The van der Waals surface area contributed by atoms with Gasteiger partial charge in [0.15, 0.2) is 11.0 Å². The van der Waals surface area contributed by atoms with Crippen LogP contribution in [0, 0.1) is 0 Å². The molecule has 7 nitrogen and oxygen atoms in total. The predicted octanol–water partition coefficient (Wildman–Crippen LogP) is 4.13. The summed E-state index contributed by atoms with van der Waals surface area (Å²) in [5.74, 6) is 3.50. The second-order valence-electron chi connectivity index (χ2n) is 6.04. The molecule has 0 aromatic carbocycles. The summed E-state index contributed by atoms with van der Waals surface area (Å²) < 4.78 is 2.22. The molecule has 0 bridgehead atoms. The number of aromatic amines is 1. The lowest BCUT2D eigenvalue weighted by atomic mass is 10.2. The Kier molecular flexibility index (Phi) is 4.98. The van der Waals surface area contributed by atoms with Gasteiger partial charge in [-0.1, -0.05) is 29.6 Å². The fraction of sp³-hybridized carbons (Fsp3) is 0.167. The van der Waals surface area contributed by atoms with Crippen molar-refractivity contribution in [3.8, 4) is 11.4 Å². The van der Waals surface area contributed by atoms with Crippen molar-refractivity contribution in [2.75, 3.05) is 11.5 Å². The van der Waals surface area contributed by atoms with Crippen molar-refractivity contribution in [1.82, 2.24) is 34.9 Å². The van der Waals surface area contributed by atoms with Crippen LogP contribution in [0.25, 0.3) is 23.5 Å². The van der Waals surface area contributed by atoms with Crippen molar-refractivity contribution < 1.29 is 0 Å². The van der Waals surface area contributed by atoms with Crippen LogP contribution in [0.2, 0.25) is 0 Å². The summed E-state index contributed by atoms with van der Waals surface area (Å²) in [6.45, 7) is 0. The van der Waals surface area contributed by atoms with E-state index in [0.717, 1.165) is 39.0 Å². The van der Waals surface area contributed by atoms with Crippen molar-refractivity contribution in [1.29, 1.82) is 0 Å². The standard InChI is InChI=1S/C18H15N7S3/c1-2-14(26-9-1)3-4-15-20-17(23-21-15)27-10-13-11-28-18-24-22-16(25(13)18)12-5-7-19-8-6-12/h1-9,13H,10-11H2,(H,20,21,23). The molecule has 5 rings (SSSR count). The first-order valence-corrected chi connectivity index (χ1v) is 11.5. The summed E-state index contributed by atoms with van der Waals surface area (Å²) in [5, 5.41) is 19.8. The van der Waals surface area contributed by atoms with E-state index in [4.69, 9.17) is 0 Å². The molecule has 0 saturated heterocycles. The van der Waals surface area contributed by atoms with Crippen LogP contribution in [-0.2, 0) is 0 Å². The lowest BCUT2D eigenvalue weighted by Crippen LogP contribution is -2.11. The summed E-state index contributed by atoms with van der Waals surface area (Å²) in [6.07, 6.45) is 7.55. The number of fused-ring (bicyclic) bond motifs is 1. The van der Waals surface area contributed by atoms with Crippen LogP contribution in [0.3, 0.4) is 0 Å². The third-order valence-corrected chi connectivity index (χ3v) is 7.13. The number of H-pyrrole nitrogens is 1. The minimum Gasteiger partial charge on any atom is -0.297 e. The molecule has 1 aliphatic rings. The minimum atomic E-state index is 0.298. The fourth-order valence-electron chi connectivity index (χ4n) is 2.89. The second-order valence-corrected chi connectivity index (χ2v) is 8.99. The van der Waals surface area contributed by atoms with Crippen molar-refractivity contribution in [2.24, 2.45) is 0 Å². The number of aromatic nitrogens is 7. The molecule has 0 saturated carbocycles. The van der Waals surface area contributed by atoms with Crippen LogP contribution in [0.15, 0.2) is 52.4 Å². The molecule has 0 spiro atoms. The van der Waals surface area contributed by atoms with Gasteiger partial charge in [-0.2, -0.15) is 0 Å². The number of nitrogens with one attached hydrogen (secondary N) is 1. The largest absolute Gasteiger partial charge is 0.297 e. The number of hydrogen-bond acceptors (Lipinski definition) is 8. The van der Waals surface area contributed by atoms with Crippen LogP contribution in [0.4, 0.5) is 0 Å². The summed E-state index contributed by atoms with van der Waals surface area (Å²) in [7, 11) is 0. The van der Waals surface area contributed by atoms with Gasteiger partial charge in [0.2, 0.25) is 5.16 Å². The van der Waals surface area contributed by atoms with E-state index >= 15 is 0 Å². The Bertz CT molecular complexity index is 1090. The van der Waals surface area contributed by atoms with E-state index in [9.17, 15) is 0 Å². The Morgan fingerprint density at radius 1 is 1.21 bits per heavy atom. The third-order valence-electron chi connectivity index (χ3n) is 4.21. The first-order valence-electron chi connectivity index (χ1n) is 8.62. The average Bonchev–Trinajstić information content (AvgIpc) is 3.51. The highest BCUT2D eigenvalue weighted by Gasteiger charge is 2.28. The van der Waals surface area contributed by atoms with Gasteiger partial charge in [-0.15, -0.1) is 26.6 Å². The maximum Gasteiger partial charge on any atom is 0.208 e. The number of thiophene rings is 1. The molecule has 1 N–H and O–H groups in total. The molecule has 4 aromatic heterocycles.